The van der Waals surface area contributed by atoms with E-state index >= 15 is 0 Å². The molecule has 1 saturated heterocycles. The fourth-order valence-electron chi connectivity index (χ4n) is 3.01. The van der Waals surface area contributed by atoms with Gasteiger partial charge < -0.3 is 14.4 Å². The number of benzene rings is 1. The summed E-state index contributed by atoms with van der Waals surface area (Å²) in [6.45, 7) is 3.39. The van der Waals surface area contributed by atoms with Crippen molar-refractivity contribution in [1.82, 2.24) is 4.90 Å². The first-order valence-corrected chi connectivity index (χ1v) is 10.4. The van der Waals surface area contributed by atoms with Gasteiger partial charge in [0.2, 0.25) is 0 Å². The van der Waals surface area contributed by atoms with E-state index in [1.54, 1.807) is 29.2 Å². The first-order chi connectivity index (χ1) is 12.3. The Morgan fingerprint density at radius 3 is 2.42 bits per heavy atom. The summed E-state index contributed by atoms with van der Waals surface area (Å²) < 4.78 is 33.7. The Morgan fingerprint density at radius 1 is 1.27 bits per heavy atom. The van der Waals surface area contributed by atoms with Crippen molar-refractivity contribution in [1.29, 1.82) is 0 Å². The van der Waals surface area contributed by atoms with Crippen molar-refractivity contribution >= 4 is 21.7 Å². The van der Waals surface area contributed by atoms with Gasteiger partial charge in [0, 0.05) is 12.1 Å². The smallest absolute Gasteiger partial charge is 0.338 e. The molecule has 1 fully saturated rings. The van der Waals surface area contributed by atoms with Crippen LogP contribution in [0.5, 0.6) is 5.75 Å². The van der Waals surface area contributed by atoms with Crippen LogP contribution in [0.2, 0.25) is 0 Å². The summed E-state index contributed by atoms with van der Waals surface area (Å²) in [4.78, 5) is 26.3. The largest absolute Gasteiger partial charge is 0.497 e. The Balaban J connectivity index is 2.01. The summed E-state index contributed by atoms with van der Waals surface area (Å²) in [7, 11) is -1.58. The van der Waals surface area contributed by atoms with Gasteiger partial charge in [-0.2, -0.15) is 0 Å². The van der Waals surface area contributed by atoms with Crippen LogP contribution in [0, 0.1) is 0 Å². The van der Waals surface area contributed by atoms with E-state index in [1.807, 2.05) is 13.8 Å². The van der Waals surface area contributed by atoms with Crippen LogP contribution in [0.4, 0.5) is 0 Å². The quantitative estimate of drug-likeness (QED) is 0.665. The molecular formula is C18H25NO6S. The van der Waals surface area contributed by atoms with E-state index in [-0.39, 0.29) is 29.5 Å². The molecule has 0 spiro atoms. The predicted octanol–water partition coefficient (Wildman–Crippen LogP) is 1.67. The van der Waals surface area contributed by atoms with Crippen molar-refractivity contribution in [2.24, 2.45) is 0 Å². The summed E-state index contributed by atoms with van der Waals surface area (Å²) in [5, 5.41) is 0. The number of hydrogen-bond donors (Lipinski definition) is 0. The monoisotopic (exact) mass is 383 g/mol. The van der Waals surface area contributed by atoms with E-state index in [0.29, 0.717) is 24.2 Å². The molecule has 1 aliphatic rings. The Hall–Kier alpha value is -2.09. The van der Waals surface area contributed by atoms with Gasteiger partial charge in [-0.25, -0.2) is 13.2 Å². The van der Waals surface area contributed by atoms with E-state index in [9.17, 15) is 18.0 Å². The van der Waals surface area contributed by atoms with Crippen LogP contribution in [-0.4, -0.2) is 62.5 Å². The molecule has 144 valence electrons. The number of hydrogen-bond acceptors (Lipinski definition) is 6. The third-order valence-electron chi connectivity index (χ3n) is 4.61. The molecule has 2 atom stereocenters. The normalized spacial score (nSPS) is 19.6. The molecule has 0 aliphatic carbocycles. The van der Waals surface area contributed by atoms with E-state index in [0.717, 1.165) is 0 Å². The van der Waals surface area contributed by atoms with Crippen molar-refractivity contribution in [3.63, 3.8) is 0 Å². The second kappa shape index (κ2) is 8.53. The molecule has 1 aliphatic heterocycles. The highest BCUT2D eigenvalue weighted by Gasteiger charge is 2.36. The molecule has 1 amide bonds. The minimum absolute atomic E-state index is 0.0322. The summed E-state index contributed by atoms with van der Waals surface area (Å²) >= 11 is 0. The maximum Gasteiger partial charge on any atom is 0.338 e. The van der Waals surface area contributed by atoms with Crippen molar-refractivity contribution in [3.05, 3.63) is 29.8 Å². The van der Waals surface area contributed by atoms with E-state index in [4.69, 9.17) is 9.47 Å². The highest BCUT2D eigenvalue weighted by molar-refractivity contribution is 7.91. The number of ether oxygens (including phenoxy) is 2. The molecule has 1 aromatic carbocycles. The summed E-state index contributed by atoms with van der Waals surface area (Å²) in [6.07, 6.45) is 1.11. The number of amides is 1. The number of methoxy groups -OCH3 is 1. The van der Waals surface area contributed by atoms with Crippen LogP contribution in [0.1, 0.15) is 37.0 Å². The average Bonchev–Trinajstić information content (AvgIpc) is 2.99. The van der Waals surface area contributed by atoms with Crippen LogP contribution < -0.4 is 4.74 Å². The molecule has 1 aromatic rings. The Labute approximate surface area is 154 Å². The highest BCUT2D eigenvalue weighted by atomic mass is 32.2. The maximum atomic E-state index is 12.6. The minimum atomic E-state index is -3.11. The summed E-state index contributed by atoms with van der Waals surface area (Å²) in [5.41, 5.74) is 0.317. The molecule has 1 heterocycles. The highest BCUT2D eigenvalue weighted by Crippen LogP contribution is 2.21. The topological polar surface area (TPSA) is 90.0 Å². The fraction of sp³-hybridized carbons (Fsp3) is 0.556. The van der Waals surface area contributed by atoms with Crippen molar-refractivity contribution in [2.75, 3.05) is 25.2 Å². The second-order valence-electron chi connectivity index (χ2n) is 6.42. The van der Waals surface area contributed by atoms with Gasteiger partial charge in [0.15, 0.2) is 16.4 Å². The molecule has 2 rings (SSSR count). The zero-order chi connectivity index (χ0) is 19.3. The van der Waals surface area contributed by atoms with E-state index in [1.165, 1.54) is 7.11 Å². The molecule has 7 nitrogen and oxygen atoms in total. The average molecular weight is 383 g/mol. The van der Waals surface area contributed by atoms with E-state index in [2.05, 4.69) is 0 Å². The van der Waals surface area contributed by atoms with Crippen LogP contribution in [0.25, 0.3) is 0 Å². The zero-order valence-corrected chi connectivity index (χ0v) is 16.1. The summed E-state index contributed by atoms with van der Waals surface area (Å²) in [5.74, 6) is -0.311. The molecule has 0 bridgehead atoms. The standard InChI is InChI=1S/C18H25NO6S/c1-4-13(2)19(15-9-10-26(22,23)12-15)17(20)11-25-18(21)14-5-7-16(24-3)8-6-14/h5-8,13,15H,4,9-12H2,1-3H3/t13-,15+/m1/s1. The molecular weight excluding hydrogens is 358 g/mol. The number of rotatable bonds is 7. The number of nitrogens with zero attached hydrogens (tertiary/aromatic N) is 1. The fourth-order valence-corrected chi connectivity index (χ4v) is 4.72. The number of carbonyl (C=O) groups excluding carboxylic acids is 2. The lowest BCUT2D eigenvalue weighted by Crippen LogP contribution is -2.48. The molecule has 0 unspecified atom stereocenters. The van der Waals surface area contributed by atoms with Crippen LogP contribution in [0.3, 0.4) is 0 Å². The molecule has 0 N–H and O–H groups in total. The third kappa shape index (κ3) is 4.97. The van der Waals surface area contributed by atoms with Gasteiger partial charge in [-0.15, -0.1) is 0 Å². The van der Waals surface area contributed by atoms with Crippen molar-refractivity contribution in [3.8, 4) is 5.75 Å². The Bertz CT molecular complexity index is 743. The van der Waals surface area contributed by atoms with Gasteiger partial charge in [-0.3, -0.25) is 4.79 Å². The Morgan fingerprint density at radius 2 is 1.92 bits per heavy atom. The first-order valence-electron chi connectivity index (χ1n) is 8.60. The lowest BCUT2D eigenvalue weighted by Gasteiger charge is -2.33. The maximum absolute atomic E-state index is 12.6. The van der Waals surface area contributed by atoms with Gasteiger partial charge >= 0.3 is 5.97 Å². The SMILES string of the molecule is CC[C@@H](C)N(C(=O)COC(=O)c1ccc(OC)cc1)[C@H]1CCS(=O)(=O)C1. The Kier molecular flexibility index (Phi) is 6.63. The number of sulfone groups is 1. The predicted molar refractivity (Wildman–Crippen MR) is 96.9 cm³/mol. The van der Waals surface area contributed by atoms with Crippen LogP contribution in [-0.2, 0) is 19.4 Å². The van der Waals surface area contributed by atoms with Gasteiger partial charge in [0.25, 0.3) is 5.91 Å². The van der Waals surface area contributed by atoms with Gasteiger partial charge in [0.05, 0.1) is 24.2 Å². The van der Waals surface area contributed by atoms with Gasteiger partial charge in [-0.05, 0) is 44.0 Å². The number of esters is 1. The third-order valence-corrected chi connectivity index (χ3v) is 6.36. The lowest BCUT2D eigenvalue weighted by atomic mass is 10.1. The molecule has 0 saturated carbocycles. The molecule has 0 aromatic heterocycles. The number of carbonyl (C=O) groups is 2. The van der Waals surface area contributed by atoms with Crippen LogP contribution in [0.15, 0.2) is 24.3 Å². The molecule has 0 radical (unpaired) electrons. The molecule has 26 heavy (non-hydrogen) atoms. The summed E-state index contributed by atoms with van der Waals surface area (Å²) in [6, 6.07) is 5.90. The lowest BCUT2D eigenvalue weighted by molar-refractivity contribution is -0.138. The second-order valence-corrected chi connectivity index (χ2v) is 8.65. The van der Waals surface area contributed by atoms with Crippen LogP contribution >= 0.6 is 0 Å². The first kappa shape index (κ1) is 20.2. The van der Waals surface area contributed by atoms with Crippen molar-refractivity contribution in [2.45, 2.75) is 38.8 Å². The van der Waals surface area contributed by atoms with Crippen molar-refractivity contribution < 1.29 is 27.5 Å². The van der Waals surface area contributed by atoms with Gasteiger partial charge in [0.1, 0.15) is 5.75 Å². The minimum Gasteiger partial charge on any atom is -0.497 e. The van der Waals surface area contributed by atoms with Gasteiger partial charge in [-0.1, -0.05) is 6.92 Å². The molecule has 8 heteroatoms. The van der Waals surface area contributed by atoms with E-state index < -0.39 is 22.4 Å². The zero-order valence-electron chi connectivity index (χ0n) is 15.3.